The topological polar surface area (TPSA) is 22.0 Å². The summed E-state index contributed by atoms with van der Waals surface area (Å²) < 4.78 is 1.88. The normalized spacial score (nSPS) is 10.8. The van der Waals surface area contributed by atoms with Gasteiger partial charge in [-0.3, -0.25) is 4.79 Å². The number of carbonyl (C=O) groups is 1. The van der Waals surface area contributed by atoms with Gasteiger partial charge in [-0.05, 0) is 13.0 Å². The first-order valence-corrected chi connectivity index (χ1v) is 4.73. The van der Waals surface area contributed by atoms with Crippen LogP contribution in [0.1, 0.15) is 17.3 Å². The second-order valence-electron chi connectivity index (χ2n) is 3.35. The fourth-order valence-corrected chi connectivity index (χ4v) is 2.00. The van der Waals surface area contributed by atoms with Crippen molar-refractivity contribution in [2.24, 2.45) is 7.05 Å². The molecular formula is C11H10ClNO. The maximum absolute atomic E-state index is 11.4. The van der Waals surface area contributed by atoms with E-state index >= 15 is 0 Å². The lowest BCUT2D eigenvalue weighted by atomic mass is 10.1. The van der Waals surface area contributed by atoms with Gasteiger partial charge < -0.3 is 4.57 Å². The standard InChI is InChI=1S/C11H10ClNO/c1-7(14)8-4-3-5-9-10(12)6-13(2)11(8)9/h3-6H,1-2H3. The molecule has 14 heavy (non-hydrogen) atoms. The van der Waals surface area contributed by atoms with Crippen molar-refractivity contribution < 1.29 is 4.79 Å². The molecule has 2 rings (SSSR count). The highest BCUT2D eigenvalue weighted by Crippen LogP contribution is 2.27. The first-order valence-electron chi connectivity index (χ1n) is 4.35. The number of para-hydroxylation sites is 1. The Morgan fingerprint density at radius 3 is 2.79 bits per heavy atom. The van der Waals surface area contributed by atoms with Gasteiger partial charge in [-0.1, -0.05) is 23.7 Å². The number of hydrogen-bond acceptors (Lipinski definition) is 1. The van der Waals surface area contributed by atoms with Crippen LogP contribution < -0.4 is 0 Å². The minimum Gasteiger partial charge on any atom is -0.348 e. The van der Waals surface area contributed by atoms with Crippen LogP contribution in [0.25, 0.3) is 10.9 Å². The largest absolute Gasteiger partial charge is 0.348 e. The Bertz CT molecular complexity index is 513. The van der Waals surface area contributed by atoms with E-state index < -0.39 is 0 Å². The molecule has 0 aliphatic carbocycles. The van der Waals surface area contributed by atoms with Crippen LogP contribution in [-0.4, -0.2) is 10.4 Å². The monoisotopic (exact) mass is 207 g/mol. The lowest BCUT2D eigenvalue weighted by Crippen LogP contribution is -1.96. The minimum atomic E-state index is 0.0634. The second-order valence-corrected chi connectivity index (χ2v) is 3.75. The highest BCUT2D eigenvalue weighted by atomic mass is 35.5. The van der Waals surface area contributed by atoms with Gasteiger partial charge in [0.2, 0.25) is 0 Å². The molecule has 0 atom stereocenters. The van der Waals surface area contributed by atoms with Crippen molar-refractivity contribution in [3.8, 4) is 0 Å². The molecule has 2 aromatic rings. The highest BCUT2D eigenvalue weighted by Gasteiger charge is 2.10. The third-order valence-corrected chi connectivity index (χ3v) is 2.63. The zero-order chi connectivity index (χ0) is 10.3. The molecule has 1 aromatic heterocycles. The molecule has 0 spiro atoms. The smallest absolute Gasteiger partial charge is 0.161 e. The number of rotatable bonds is 1. The molecule has 0 saturated heterocycles. The van der Waals surface area contributed by atoms with Gasteiger partial charge in [0.15, 0.2) is 5.78 Å². The molecular weight excluding hydrogens is 198 g/mol. The van der Waals surface area contributed by atoms with Gasteiger partial charge in [0.05, 0.1) is 10.5 Å². The van der Waals surface area contributed by atoms with E-state index in [9.17, 15) is 4.79 Å². The summed E-state index contributed by atoms with van der Waals surface area (Å²) in [6, 6.07) is 5.59. The zero-order valence-corrected chi connectivity index (χ0v) is 8.80. The molecule has 0 aliphatic rings. The lowest BCUT2D eigenvalue weighted by Gasteiger charge is -2.01. The van der Waals surface area contributed by atoms with Crippen LogP contribution in [-0.2, 0) is 7.05 Å². The number of halogens is 1. The fraction of sp³-hybridized carbons (Fsp3) is 0.182. The summed E-state index contributed by atoms with van der Waals surface area (Å²) in [6.07, 6.45) is 1.82. The quantitative estimate of drug-likeness (QED) is 0.659. The van der Waals surface area contributed by atoms with Crippen LogP contribution in [0.5, 0.6) is 0 Å². The summed E-state index contributed by atoms with van der Waals surface area (Å²) in [5.41, 5.74) is 1.63. The van der Waals surface area contributed by atoms with Gasteiger partial charge in [-0.15, -0.1) is 0 Å². The molecule has 0 saturated carbocycles. The Hall–Kier alpha value is -1.28. The van der Waals surface area contributed by atoms with E-state index in [1.807, 2.05) is 36.0 Å². The maximum Gasteiger partial charge on any atom is 0.161 e. The first kappa shape index (κ1) is 9.28. The van der Waals surface area contributed by atoms with Crippen molar-refractivity contribution in [3.63, 3.8) is 0 Å². The van der Waals surface area contributed by atoms with E-state index in [0.29, 0.717) is 5.02 Å². The van der Waals surface area contributed by atoms with Gasteiger partial charge in [-0.2, -0.15) is 0 Å². The Morgan fingerprint density at radius 1 is 1.43 bits per heavy atom. The molecule has 0 fully saturated rings. The molecule has 1 heterocycles. The van der Waals surface area contributed by atoms with Crippen molar-refractivity contribution in [2.75, 3.05) is 0 Å². The molecule has 72 valence electrons. The van der Waals surface area contributed by atoms with Crippen molar-refractivity contribution >= 4 is 28.3 Å². The highest BCUT2D eigenvalue weighted by molar-refractivity contribution is 6.36. The van der Waals surface area contributed by atoms with E-state index in [0.717, 1.165) is 16.5 Å². The van der Waals surface area contributed by atoms with E-state index in [2.05, 4.69) is 0 Å². The van der Waals surface area contributed by atoms with Crippen LogP contribution in [0.2, 0.25) is 5.02 Å². The third-order valence-electron chi connectivity index (χ3n) is 2.33. The molecule has 0 unspecified atom stereocenters. The fourth-order valence-electron chi connectivity index (χ4n) is 1.70. The van der Waals surface area contributed by atoms with Crippen molar-refractivity contribution in [2.45, 2.75) is 6.92 Å². The molecule has 0 amide bonds. The number of hydrogen-bond donors (Lipinski definition) is 0. The van der Waals surface area contributed by atoms with Crippen LogP contribution in [0.15, 0.2) is 24.4 Å². The Labute approximate surface area is 87.1 Å². The number of Topliss-reactive ketones (excluding diaryl/α,β-unsaturated/α-hetero) is 1. The van der Waals surface area contributed by atoms with Crippen molar-refractivity contribution in [1.29, 1.82) is 0 Å². The Balaban J connectivity index is 2.92. The lowest BCUT2D eigenvalue weighted by molar-refractivity contribution is 0.101. The summed E-state index contributed by atoms with van der Waals surface area (Å²) in [6.45, 7) is 1.57. The van der Waals surface area contributed by atoms with Crippen molar-refractivity contribution in [3.05, 3.63) is 35.0 Å². The number of aromatic nitrogens is 1. The number of aryl methyl sites for hydroxylation is 1. The van der Waals surface area contributed by atoms with Gasteiger partial charge in [0.1, 0.15) is 0 Å². The molecule has 0 aliphatic heterocycles. The Kier molecular flexibility index (Phi) is 2.08. The summed E-state index contributed by atoms with van der Waals surface area (Å²) in [7, 11) is 1.89. The number of fused-ring (bicyclic) bond motifs is 1. The predicted molar refractivity (Wildman–Crippen MR) is 57.9 cm³/mol. The van der Waals surface area contributed by atoms with E-state index in [4.69, 9.17) is 11.6 Å². The SMILES string of the molecule is CC(=O)c1cccc2c(Cl)cn(C)c12. The van der Waals surface area contributed by atoms with Gasteiger partial charge in [0, 0.05) is 24.2 Å². The van der Waals surface area contributed by atoms with Crippen LogP contribution in [0, 0.1) is 0 Å². The van der Waals surface area contributed by atoms with Gasteiger partial charge in [0.25, 0.3) is 0 Å². The molecule has 0 N–H and O–H groups in total. The summed E-state index contributed by atoms with van der Waals surface area (Å²) in [4.78, 5) is 11.4. The van der Waals surface area contributed by atoms with E-state index in [-0.39, 0.29) is 5.78 Å². The Morgan fingerprint density at radius 2 is 2.14 bits per heavy atom. The van der Waals surface area contributed by atoms with Crippen molar-refractivity contribution in [1.82, 2.24) is 4.57 Å². The molecule has 0 radical (unpaired) electrons. The molecule has 2 nitrogen and oxygen atoms in total. The number of ketones is 1. The third kappa shape index (κ3) is 1.23. The van der Waals surface area contributed by atoms with Crippen LogP contribution in [0.4, 0.5) is 0 Å². The van der Waals surface area contributed by atoms with E-state index in [1.54, 1.807) is 6.92 Å². The molecule has 3 heteroatoms. The minimum absolute atomic E-state index is 0.0634. The molecule has 1 aromatic carbocycles. The van der Waals surface area contributed by atoms with E-state index in [1.165, 1.54) is 0 Å². The summed E-state index contributed by atoms with van der Waals surface area (Å²) in [5.74, 6) is 0.0634. The number of nitrogens with zero attached hydrogens (tertiary/aromatic N) is 1. The predicted octanol–water partition coefficient (Wildman–Crippen LogP) is 3.03. The van der Waals surface area contributed by atoms with Crippen LogP contribution in [0.3, 0.4) is 0 Å². The first-order chi connectivity index (χ1) is 6.61. The molecule has 0 bridgehead atoms. The summed E-state index contributed by atoms with van der Waals surface area (Å²) in [5, 5.41) is 1.62. The average molecular weight is 208 g/mol. The number of benzene rings is 1. The zero-order valence-electron chi connectivity index (χ0n) is 8.04. The van der Waals surface area contributed by atoms with Crippen LogP contribution >= 0.6 is 11.6 Å². The maximum atomic E-state index is 11.4. The van der Waals surface area contributed by atoms with Gasteiger partial charge >= 0.3 is 0 Å². The summed E-state index contributed by atoms with van der Waals surface area (Å²) >= 11 is 6.02. The average Bonchev–Trinajstić information content (AvgIpc) is 2.43. The second kappa shape index (κ2) is 3.14. The van der Waals surface area contributed by atoms with Gasteiger partial charge in [-0.25, -0.2) is 0 Å². The number of carbonyl (C=O) groups excluding carboxylic acids is 1.